The van der Waals surface area contributed by atoms with Gasteiger partial charge in [0.2, 0.25) is 6.41 Å². The van der Waals surface area contributed by atoms with Crippen LogP contribution in [0.4, 0.5) is 0 Å². The third-order valence-corrected chi connectivity index (χ3v) is 5.24. The molecule has 4 nitrogen and oxygen atoms in total. The average Bonchev–Trinajstić information content (AvgIpc) is 2.82. The SMILES string of the molecule is CC(C)(C)C.CC(C)C.CCCC(CCC(C)CC)Oc1ccc(C)cc1.CCCCCN(C=O)CC(C)=O. The molecular weight excluding hydrogens is 482 g/mol. The lowest BCUT2D eigenvalue weighted by Gasteiger charge is -2.20. The average molecular weight is 550 g/mol. The van der Waals surface area contributed by atoms with E-state index in [4.69, 9.17) is 4.74 Å². The lowest BCUT2D eigenvalue weighted by molar-refractivity contribution is -0.125. The van der Waals surface area contributed by atoms with Crippen LogP contribution in [0.1, 0.15) is 140 Å². The van der Waals surface area contributed by atoms with Crippen molar-refractivity contribution in [3.63, 3.8) is 0 Å². The molecule has 0 spiro atoms. The molecule has 4 heteroatoms. The predicted octanol–water partition coefficient (Wildman–Crippen LogP) is 10.3. The van der Waals surface area contributed by atoms with E-state index in [1.165, 1.54) is 43.1 Å². The normalized spacial score (nSPS) is 11.9. The second-order valence-corrected chi connectivity index (χ2v) is 13.1. The molecule has 0 aliphatic heterocycles. The summed E-state index contributed by atoms with van der Waals surface area (Å²) in [6, 6.07) is 8.41. The Bertz CT molecular complexity index is 667. The summed E-state index contributed by atoms with van der Waals surface area (Å²) in [4.78, 5) is 22.6. The molecule has 1 rings (SSSR count). The van der Waals surface area contributed by atoms with Crippen molar-refractivity contribution in [2.75, 3.05) is 13.1 Å². The molecule has 0 radical (unpaired) electrons. The van der Waals surface area contributed by atoms with E-state index >= 15 is 0 Å². The molecule has 0 heterocycles. The Labute approximate surface area is 244 Å². The van der Waals surface area contributed by atoms with Gasteiger partial charge in [-0.25, -0.2) is 0 Å². The van der Waals surface area contributed by atoms with Gasteiger partial charge in [0.05, 0.1) is 12.6 Å². The molecule has 0 aliphatic rings. The maximum absolute atomic E-state index is 10.6. The first-order valence-corrected chi connectivity index (χ1v) is 15.5. The predicted molar refractivity (Wildman–Crippen MR) is 173 cm³/mol. The first kappa shape index (κ1) is 41.6. The Morgan fingerprint density at radius 1 is 0.897 bits per heavy atom. The van der Waals surface area contributed by atoms with Crippen molar-refractivity contribution >= 4 is 12.2 Å². The van der Waals surface area contributed by atoms with Crippen molar-refractivity contribution in [2.45, 2.75) is 147 Å². The van der Waals surface area contributed by atoms with Gasteiger partial charge in [-0.3, -0.25) is 9.59 Å². The Morgan fingerprint density at radius 3 is 1.79 bits per heavy atom. The fourth-order valence-electron chi connectivity index (χ4n) is 3.09. The van der Waals surface area contributed by atoms with Crippen LogP contribution in [-0.4, -0.2) is 36.3 Å². The highest BCUT2D eigenvalue weighted by atomic mass is 16.5. The van der Waals surface area contributed by atoms with Crippen molar-refractivity contribution in [3.05, 3.63) is 29.8 Å². The number of unbranched alkanes of at least 4 members (excludes halogenated alkanes) is 2. The number of Topliss-reactive ketones (excluding diaryl/α,β-unsaturated/α-hetero) is 1. The number of ketones is 1. The first-order chi connectivity index (χ1) is 18.1. The third kappa shape index (κ3) is 38.4. The molecule has 2 unspecified atom stereocenters. The van der Waals surface area contributed by atoms with Gasteiger partial charge in [0.15, 0.2) is 0 Å². The Hall–Kier alpha value is -1.84. The highest BCUT2D eigenvalue weighted by molar-refractivity contribution is 5.79. The van der Waals surface area contributed by atoms with Crippen LogP contribution in [0.5, 0.6) is 5.75 Å². The molecular formula is C35H67NO3. The number of ether oxygens (including phenoxy) is 1. The number of benzene rings is 1. The molecule has 230 valence electrons. The Balaban J connectivity index is -0.000000528. The van der Waals surface area contributed by atoms with E-state index in [2.05, 4.69) is 107 Å². The topological polar surface area (TPSA) is 46.6 Å². The molecule has 0 N–H and O–H groups in total. The fourth-order valence-corrected chi connectivity index (χ4v) is 3.09. The van der Waals surface area contributed by atoms with Crippen LogP contribution in [0.3, 0.4) is 0 Å². The number of carbonyl (C=O) groups excluding carboxylic acids is 2. The lowest BCUT2D eigenvalue weighted by Crippen LogP contribution is -2.28. The number of carbonyl (C=O) groups is 2. The maximum Gasteiger partial charge on any atom is 0.210 e. The molecule has 2 atom stereocenters. The van der Waals surface area contributed by atoms with Crippen LogP contribution in [0.15, 0.2) is 24.3 Å². The monoisotopic (exact) mass is 550 g/mol. The number of aryl methyl sites for hydroxylation is 1. The summed E-state index contributed by atoms with van der Waals surface area (Å²) in [5.41, 5.74) is 1.79. The second kappa shape index (κ2) is 26.4. The van der Waals surface area contributed by atoms with Crippen molar-refractivity contribution in [2.24, 2.45) is 17.3 Å². The van der Waals surface area contributed by atoms with Crippen LogP contribution in [0.2, 0.25) is 0 Å². The van der Waals surface area contributed by atoms with E-state index < -0.39 is 0 Å². The number of hydrogen-bond acceptors (Lipinski definition) is 3. The Morgan fingerprint density at radius 2 is 1.41 bits per heavy atom. The van der Waals surface area contributed by atoms with Crippen molar-refractivity contribution in [1.82, 2.24) is 4.90 Å². The van der Waals surface area contributed by atoms with Crippen LogP contribution < -0.4 is 4.74 Å². The van der Waals surface area contributed by atoms with Gasteiger partial charge >= 0.3 is 0 Å². The zero-order chi connectivity index (χ0) is 30.9. The molecule has 0 aliphatic carbocycles. The molecule has 0 bridgehead atoms. The zero-order valence-electron chi connectivity index (χ0n) is 28.4. The molecule has 0 saturated carbocycles. The largest absolute Gasteiger partial charge is 0.490 e. The van der Waals surface area contributed by atoms with Gasteiger partial charge in [-0.1, -0.05) is 120 Å². The third-order valence-electron chi connectivity index (χ3n) is 5.24. The van der Waals surface area contributed by atoms with E-state index in [1.54, 1.807) is 0 Å². The van der Waals surface area contributed by atoms with E-state index in [0.29, 0.717) is 18.1 Å². The van der Waals surface area contributed by atoms with E-state index in [9.17, 15) is 9.59 Å². The zero-order valence-corrected chi connectivity index (χ0v) is 28.4. The van der Waals surface area contributed by atoms with Crippen molar-refractivity contribution in [3.8, 4) is 5.75 Å². The van der Waals surface area contributed by atoms with E-state index in [1.807, 2.05) is 0 Å². The molecule has 1 aromatic rings. The van der Waals surface area contributed by atoms with Gasteiger partial charge < -0.3 is 9.64 Å². The molecule has 39 heavy (non-hydrogen) atoms. The number of rotatable bonds is 15. The molecule has 1 amide bonds. The van der Waals surface area contributed by atoms with Gasteiger partial charge in [0, 0.05) is 6.54 Å². The highest BCUT2D eigenvalue weighted by Gasteiger charge is 2.11. The van der Waals surface area contributed by atoms with E-state index in [-0.39, 0.29) is 12.3 Å². The smallest absolute Gasteiger partial charge is 0.210 e. The molecule has 0 saturated heterocycles. The number of amides is 1. The highest BCUT2D eigenvalue weighted by Crippen LogP contribution is 2.20. The maximum atomic E-state index is 10.6. The quantitative estimate of drug-likeness (QED) is 0.161. The van der Waals surface area contributed by atoms with Gasteiger partial charge in [0.25, 0.3) is 0 Å². The van der Waals surface area contributed by atoms with Crippen LogP contribution in [0.25, 0.3) is 0 Å². The summed E-state index contributed by atoms with van der Waals surface area (Å²) >= 11 is 0. The van der Waals surface area contributed by atoms with Crippen LogP contribution in [-0.2, 0) is 9.59 Å². The molecule has 1 aromatic carbocycles. The van der Waals surface area contributed by atoms with Gasteiger partial charge in [-0.05, 0) is 68.9 Å². The van der Waals surface area contributed by atoms with Crippen LogP contribution in [0, 0.1) is 24.2 Å². The number of hydrogen-bond donors (Lipinski definition) is 0. The summed E-state index contributed by atoms with van der Waals surface area (Å²) in [7, 11) is 0. The lowest BCUT2D eigenvalue weighted by atomic mass is 9.99. The summed E-state index contributed by atoms with van der Waals surface area (Å²) in [5, 5.41) is 0. The fraction of sp³-hybridized carbons (Fsp3) is 0.771. The van der Waals surface area contributed by atoms with Crippen LogP contribution >= 0.6 is 0 Å². The Kier molecular flexibility index (Phi) is 28.2. The molecule has 0 aromatic heterocycles. The standard InChI is InChI=1S/C17H28O.C9H17NO2.C5H12.C4H10/c1-5-7-16(11-8-14(3)6-2)18-17-12-9-15(4)10-13-17;1-3-4-5-6-10(8-11)7-9(2)12;1-5(2,3)4;1-4(2)3/h9-10,12-14,16H,5-8,11H2,1-4H3;8H,3-7H2,1-2H3;1-4H3;4H,1-3H3. The molecule has 0 fully saturated rings. The minimum atomic E-state index is 0.0404. The van der Waals surface area contributed by atoms with E-state index in [0.717, 1.165) is 49.7 Å². The first-order valence-electron chi connectivity index (χ1n) is 15.5. The minimum absolute atomic E-state index is 0.0404. The van der Waals surface area contributed by atoms with Gasteiger partial charge in [-0.15, -0.1) is 0 Å². The summed E-state index contributed by atoms with van der Waals surface area (Å²) in [6.45, 7) is 28.7. The van der Waals surface area contributed by atoms with Gasteiger partial charge in [0.1, 0.15) is 11.5 Å². The summed E-state index contributed by atoms with van der Waals surface area (Å²) in [5.74, 6) is 2.70. The summed E-state index contributed by atoms with van der Waals surface area (Å²) in [6.07, 6.45) is 10.4. The van der Waals surface area contributed by atoms with Crippen molar-refractivity contribution in [1.29, 1.82) is 0 Å². The van der Waals surface area contributed by atoms with Crippen molar-refractivity contribution < 1.29 is 14.3 Å². The van der Waals surface area contributed by atoms with Gasteiger partial charge in [-0.2, -0.15) is 0 Å². The second-order valence-electron chi connectivity index (χ2n) is 13.1. The minimum Gasteiger partial charge on any atom is -0.490 e. The number of nitrogens with zero attached hydrogens (tertiary/aromatic N) is 1. The summed E-state index contributed by atoms with van der Waals surface area (Å²) < 4.78 is 6.10.